The third-order valence-electron chi connectivity index (χ3n) is 9.98. The van der Waals surface area contributed by atoms with Crippen LogP contribution in [0.25, 0.3) is 0 Å². The molecule has 1 aliphatic rings. The van der Waals surface area contributed by atoms with Crippen LogP contribution in [0.4, 0.5) is 0 Å². The molecule has 0 aliphatic carbocycles. The number of hydrogen-bond donors (Lipinski definition) is 0. The maximum Gasteiger partial charge on any atom is 0.307 e. The summed E-state index contributed by atoms with van der Waals surface area (Å²) in [5.41, 5.74) is 0. The second kappa shape index (κ2) is 36.2. The summed E-state index contributed by atoms with van der Waals surface area (Å²) in [7, 11) is 2.18. The molecule has 0 aromatic carbocycles. The van der Waals surface area contributed by atoms with Gasteiger partial charge in [-0.1, -0.05) is 140 Å². The van der Waals surface area contributed by atoms with E-state index in [4.69, 9.17) is 4.74 Å². The first kappa shape index (κ1) is 45.4. The molecule has 0 amide bonds. The maximum absolute atomic E-state index is 12.8. The van der Waals surface area contributed by atoms with E-state index in [1.54, 1.807) is 0 Å². The number of likely N-dealkylation sites (N-methyl/N-ethyl adjacent to an activating group) is 1. The summed E-state index contributed by atoms with van der Waals surface area (Å²) in [4.78, 5) is 17.6. The summed E-state index contributed by atoms with van der Waals surface area (Å²) in [5, 5.41) is 0. The number of nitrogens with zero attached hydrogens (tertiary/aromatic N) is 2. The Balaban J connectivity index is 2.19. The minimum atomic E-state index is 0.0176. The zero-order chi connectivity index (χ0) is 35.3. The maximum atomic E-state index is 12.8. The molecule has 0 saturated carbocycles. The highest BCUT2D eigenvalue weighted by Crippen LogP contribution is 2.18. The van der Waals surface area contributed by atoms with E-state index in [0.29, 0.717) is 6.42 Å². The van der Waals surface area contributed by atoms with Gasteiger partial charge in [-0.15, -0.1) is 0 Å². The van der Waals surface area contributed by atoms with E-state index in [-0.39, 0.29) is 12.1 Å². The van der Waals surface area contributed by atoms with E-state index in [0.717, 1.165) is 58.4 Å². The molecule has 284 valence electrons. The van der Waals surface area contributed by atoms with Crippen LogP contribution in [0.2, 0.25) is 0 Å². The number of ether oxygens (including phenoxy) is 1. The molecule has 0 aromatic rings. The predicted octanol–water partition coefficient (Wildman–Crippen LogP) is 12.9. The van der Waals surface area contributed by atoms with Gasteiger partial charge in [0.25, 0.3) is 0 Å². The minimum Gasteiger partial charge on any atom is -0.462 e. The fourth-order valence-electron chi connectivity index (χ4n) is 6.55. The van der Waals surface area contributed by atoms with Gasteiger partial charge in [-0.3, -0.25) is 4.79 Å². The Morgan fingerprint density at radius 2 is 0.918 bits per heavy atom. The van der Waals surface area contributed by atoms with E-state index in [9.17, 15) is 4.79 Å². The first-order valence-electron chi connectivity index (χ1n) is 21.4. The van der Waals surface area contributed by atoms with Crippen molar-refractivity contribution in [3.8, 4) is 0 Å². The Labute approximate surface area is 306 Å². The van der Waals surface area contributed by atoms with Gasteiger partial charge in [-0.05, 0) is 96.9 Å². The zero-order valence-electron chi connectivity index (χ0n) is 33.0. The van der Waals surface area contributed by atoms with E-state index in [2.05, 4.69) is 79.3 Å². The molecule has 4 heteroatoms. The van der Waals surface area contributed by atoms with Crippen LogP contribution in [0.1, 0.15) is 187 Å². The minimum absolute atomic E-state index is 0.0176. The lowest BCUT2D eigenvalue weighted by Gasteiger charge is -2.32. The van der Waals surface area contributed by atoms with Crippen molar-refractivity contribution in [2.45, 2.75) is 193 Å². The van der Waals surface area contributed by atoms with Crippen molar-refractivity contribution in [1.82, 2.24) is 9.80 Å². The molecule has 4 nitrogen and oxygen atoms in total. The molecule has 0 unspecified atom stereocenters. The number of carbonyl (C=O) groups is 1. The fourth-order valence-corrected chi connectivity index (χ4v) is 6.55. The number of unbranched alkanes of at least 4 members (excludes halogenated alkanes) is 18. The summed E-state index contributed by atoms with van der Waals surface area (Å²) in [5.74, 6) is 0.0176. The first-order valence-corrected chi connectivity index (χ1v) is 21.4. The van der Waals surface area contributed by atoms with Crippen molar-refractivity contribution in [2.75, 3.05) is 39.8 Å². The van der Waals surface area contributed by atoms with Gasteiger partial charge in [0.2, 0.25) is 0 Å². The van der Waals surface area contributed by atoms with Crippen LogP contribution in [0, 0.1) is 0 Å². The molecular formula is C45H82N2O2. The Morgan fingerprint density at radius 1 is 0.531 bits per heavy atom. The molecule has 0 N–H and O–H groups in total. The number of esters is 1. The van der Waals surface area contributed by atoms with Gasteiger partial charge in [-0.25, -0.2) is 0 Å². The summed E-state index contributed by atoms with van der Waals surface area (Å²) in [6, 6.07) is 0. The van der Waals surface area contributed by atoms with Crippen molar-refractivity contribution in [3.63, 3.8) is 0 Å². The van der Waals surface area contributed by atoms with Gasteiger partial charge in [0.15, 0.2) is 0 Å². The summed E-state index contributed by atoms with van der Waals surface area (Å²) >= 11 is 0. The van der Waals surface area contributed by atoms with E-state index >= 15 is 0 Å². The second-order valence-corrected chi connectivity index (χ2v) is 14.8. The Bertz CT molecular complexity index is 776. The molecule has 0 aromatic heterocycles. The summed E-state index contributed by atoms with van der Waals surface area (Å²) < 4.78 is 6.11. The highest BCUT2D eigenvalue weighted by atomic mass is 16.5. The SMILES string of the molecule is CCCCC/C=C\C/C=C\CCCCCCCCC(CCCCCCCC/C=C\C/C=C\CCCCC)OC(=O)CCN1CCN(C)CC1. The monoisotopic (exact) mass is 683 g/mol. The van der Waals surface area contributed by atoms with Crippen molar-refractivity contribution in [1.29, 1.82) is 0 Å². The predicted molar refractivity (Wildman–Crippen MR) is 216 cm³/mol. The van der Waals surface area contributed by atoms with Crippen molar-refractivity contribution in [3.05, 3.63) is 48.6 Å². The lowest BCUT2D eigenvalue weighted by molar-refractivity contribution is -0.150. The highest BCUT2D eigenvalue weighted by molar-refractivity contribution is 5.69. The van der Waals surface area contributed by atoms with E-state index in [1.807, 2.05) is 0 Å². The largest absolute Gasteiger partial charge is 0.462 e. The molecule has 0 bridgehead atoms. The fraction of sp³-hybridized carbons (Fsp3) is 0.800. The molecular weight excluding hydrogens is 601 g/mol. The highest BCUT2D eigenvalue weighted by Gasteiger charge is 2.18. The average Bonchev–Trinajstić information content (AvgIpc) is 3.10. The molecule has 1 rings (SSSR count). The number of allylic oxidation sites excluding steroid dienone is 8. The average molecular weight is 683 g/mol. The standard InChI is InChI=1S/C45H82N2O2/c1-4-6-8-10-12-14-16-18-20-22-24-26-28-30-32-34-36-44(49-45(48)38-39-47-42-40-46(3)41-43-47)37-35-33-31-29-27-25-23-21-19-17-15-13-11-9-7-5-2/h12-15,18-21,44H,4-11,16-17,22-43H2,1-3H3/b14-12-,15-13-,20-18-,21-19-. The van der Waals surface area contributed by atoms with Crippen LogP contribution >= 0.6 is 0 Å². The van der Waals surface area contributed by atoms with Crippen molar-refractivity contribution >= 4 is 5.97 Å². The molecule has 0 atom stereocenters. The van der Waals surface area contributed by atoms with Crippen LogP contribution in [-0.4, -0.2) is 61.6 Å². The zero-order valence-corrected chi connectivity index (χ0v) is 33.0. The lowest BCUT2D eigenvalue weighted by atomic mass is 10.0. The van der Waals surface area contributed by atoms with Crippen LogP contribution < -0.4 is 0 Å². The quantitative estimate of drug-likeness (QED) is 0.0384. The molecule has 49 heavy (non-hydrogen) atoms. The van der Waals surface area contributed by atoms with E-state index in [1.165, 1.54) is 141 Å². The third-order valence-corrected chi connectivity index (χ3v) is 9.98. The van der Waals surface area contributed by atoms with Gasteiger partial charge in [0, 0.05) is 32.7 Å². The molecule has 1 fully saturated rings. The number of carbonyl (C=O) groups excluding carboxylic acids is 1. The van der Waals surface area contributed by atoms with Gasteiger partial charge >= 0.3 is 5.97 Å². The Kier molecular flexibility index (Phi) is 33.5. The lowest BCUT2D eigenvalue weighted by Crippen LogP contribution is -2.45. The molecule has 1 aliphatic heterocycles. The van der Waals surface area contributed by atoms with Crippen molar-refractivity contribution in [2.24, 2.45) is 0 Å². The summed E-state index contributed by atoms with van der Waals surface area (Å²) in [6.07, 6.45) is 51.9. The van der Waals surface area contributed by atoms with Crippen LogP contribution in [0.3, 0.4) is 0 Å². The van der Waals surface area contributed by atoms with Gasteiger partial charge in [-0.2, -0.15) is 0 Å². The Hall–Kier alpha value is -1.65. The van der Waals surface area contributed by atoms with Crippen LogP contribution in [0.5, 0.6) is 0 Å². The normalized spacial score (nSPS) is 14.9. The molecule has 0 spiro atoms. The number of rotatable bonds is 34. The third kappa shape index (κ3) is 32.0. The second-order valence-electron chi connectivity index (χ2n) is 14.8. The van der Waals surface area contributed by atoms with Crippen LogP contribution in [0.15, 0.2) is 48.6 Å². The molecule has 1 saturated heterocycles. The van der Waals surface area contributed by atoms with Gasteiger partial charge in [0.1, 0.15) is 6.10 Å². The van der Waals surface area contributed by atoms with Gasteiger partial charge < -0.3 is 14.5 Å². The van der Waals surface area contributed by atoms with Gasteiger partial charge in [0.05, 0.1) is 6.42 Å². The Morgan fingerprint density at radius 3 is 1.35 bits per heavy atom. The summed E-state index contributed by atoms with van der Waals surface area (Å²) in [6.45, 7) is 9.69. The van der Waals surface area contributed by atoms with E-state index < -0.39 is 0 Å². The van der Waals surface area contributed by atoms with Crippen molar-refractivity contribution < 1.29 is 9.53 Å². The van der Waals surface area contributed by atoms with Crippen LogP contribution in [-0.2, 0) is 9.53 Å². The smallest absolute Gasteiger partial charge is 0.307 e. The molecule has 0 radical (unpaired) electrons. The first-order chi connectivity index (χ1) is 24.2. The topological polar surface area (TPSA) is 32.8 Å². The molecule has 1 heterocycles. The number of piperazine rings is 1. The number of hydrogen-bond acceptors (Lipinski definition) is 4.